The van der Waals surface area contributed by atoms with Crippen molar-refractivity contribution in [2.75, 3.05) is 31.1 Å². The zero-order valence-electron chi connectivity index (χ0n) is 12.7. The third kappa shape index (κ3) is 4.06. The van der Waals surface area contributed by atoms with Crippen molar-refractivity contribution in [3.05, 3.63) is 30.0 Å². The second-order valence-electron chi connectivity index (χ2n) is 5.49. The van der Waals surface area contributed by atoms with Gasteiger partial charge in [-0.25, -0.2) is 4.98 Å². The van der Waals surface area contributed by atoms with Crippen LogP contribution in [0.3, 0.4) is 0 Å². The number of hydrogen-bond donors (Lipinski definition) is 1. The van der Waals surface area contributed by atoms with Crippen molar-refractivity contribution in [2.24, 2.45) is 0 Å². The molecule has 1 saturated heterocycles. The van der Waals surface area contributed by atoms with Crippen molar-refractivity contribution in [3.63, 3.8) is 0 Å². The quantitative estimate of drug-likeness (QED) is 0.826. The van der Waals surface area contributed by atoms with Gasteiger partial charge in [0.15, 0.2) is 0 Å². The second kappa shape index (κ2) is 6.25. The Labute approximate surface area is 138 Å². The van der Waals surface area contributed by atoms with E-state index in [1.54, 1.807) is 4.90 Å². The molecule has 1 aromatic heterocycles. The van der Waals surface area contributed by atoms with Gasteiger partial charge in [0.2, 0.25) is 0 Å². The summed E-state index contributed by atoms with van der Waals surface area (Å²) in [5.41, 5.74) is -0.942. The molecule has 1 fully saturated rings. The molecule has 136 valence electrons. The molecular weight excluding hydrogens is 352 g/mol. The molecule has 0 radical (unpaired) electrons. The number of ether oxygens (including phenoxy) is 1. The normalized spacial score (nSPS) is 16.3. The Morgan fingerprint density at radius 3 is 2.28 bits per heavy atom. The fourth-order valence-electron chi connectivity index (χ4n) is 2.70. The summed E-state index contributed by atoms with van der Waals surface area (Å²) in [5, 5.41) is 3.24. The molecule has 25 heavy (non-hydrogen) atoms. The SMILES string of the molecule is FC(F)(F)Oc1ccc2nc(C(F)(F)F)cc(N3CCNCC3)c2c1. The Balaban J connectivity index is 2.14. The molecule has 3 rings (SSSR count). The fraction of sp³-hybridized carbons (Fsp3) is 0.400. The Kier molecular flexibility index (Phi) is 4.40. The van der Waals surface area contributed by atoms with Gasteiger partial charge in [0.05, 0.1) is 5.52 Å². The van der Waals surface area contributed by atoms with E-state index in [2.05, 4.69) is 15.0 Å². The van der Waals surface area contributed by atoms with Crippen molar-refractivity contribution in [1.29, 1.82) is 0 Å². The first-order valence-electron chi connectivity index (χ1n) is 7.37. The highest BCUT2D eigenvalue weighted by atomic mass is 19.4. The van der Waals surface area contributed by atoms with Crippen LogP contribution in [0.25, 0.3) is 10.9 Å². The molecule has 0 amide bonds. The lowest BCUT2D eigenvalue weighted by Crippen LogP contribution is -2.43. The van der Waals surface area contributed by atoms with Gasteiger partial charge >= 0.3 is 12.5 Å². The minimum Gasteiger partial charge on any atom is -0.406 e. The Bertz CT molecular complexity index is 768. The number of anilines is 1. The molecule has 0 aliphatic carbocycles. The van der Waals surface area contributed by atoms with E-state index in [1.165, 1.54) is 0 Å². The molecule has 2 heterocycles. The molecule has 1 aliphatic rings. The topological polar surface area (TPSA) is 37.4 Å². The van der Waals surface area contributed by atoms with Crippen LogP contribution >= 0.6 is 0 Å². The first kappa shape index (κ1) is 17.6. The number of piperazine rings is 1. The number of hydrogen-bond acceptors (Lipinski definition) is 4. The summed E-state index contributed by atoms with van der Waals surface area (Å²) in [6, 6.07) is 3.97. The van der Waals surface area contributed by atoms with Crippen LogP contribution in [0.2, 0.25) is 0 Å². The average Bonchev–Trinajstić information content (AvgIpc) is 2.52. The molecular formula is C15H13F6N3O. The van der Waals surface area contributed by atoms with Gasteiger partial charge in [0.1, 0.15) is 11.4 Å². The largest absolute Gasteiger partial charge is 0.573 e. The summed E-state index contributed by atoms with van der Waals surface area (Å²) in [6.45, 7) is 1.98. The molecule has 0 bridgehead atoms. The van der Waals surface area contributed by atoms with Gasteiger partial charge in [0, 0.05) is 37.3 Å². The lowest BCUT2D eigenvalue weighted by molar-refractivity contribution is -0.274. The van der Waals surface area contributed by atoms with Gasteiger partial charge in [0.25, 0.3) is 0 Å². The Morgan fingerprint density at radius 2 is 1.68 bits per heavy atom. The van der Waals surface area contributed by atoms with Gasteiger partial charge in [-0.15, -0.1) is 13.2 Å². The maximum absolute atomic E-state index is 13.1. The van der Waals surface area contributed by atoms with E-state index in [0.717, 1.165) is 24.3 Å². The van der Waals surface area contributed by atoms with Gasteiger partial charge < -0.3 is 15.0 Å². The van der Waals surface area contributed by atoms with Crippen LogP contribution in [-0.2, 0) is 6.18 Å². The fourth-order valence-corrected chi connectivity index (χ4v) is 2.70. The summed E-state index contributed by atoms with van der Waals surface area (Å²) in [7, 11) is 0. The van der Waals surface area contributed by atoms with Gasteiger partial charge in [-0.05, 0) is 24.3 Å². The molecule has 0 unspecified atom stereocenters. The maximum atomic E-state index is 13.1. The van der Waals surface area contributed by atoms with E-state index < -0.39 is 24.0 Å². The van der Waals surface area contributed by atoms with Gasteiger partial charge in [-0.1, -0.05) is 0 Å². The van der Waals surface area contributed by atoms with Gasteiger partial charge in [-0.2, -0.15) is 13.2 Å². The van der Waals surface area contributed by atoms with Crippen molar-refractivity contribution in [3.8, 4) is 5.75 Å². The molecule has 0 spiro atoms. The van der Waals surface area contributed by atoms with E-state index in [9.17, 15) is 26.3 Å². The number of rotatable bonds is 2. The Hall–Kier alpha value is -2.23. The van der Waals surface area contributed by atoms with Crippen LogP contribution in [-0.4, -0.2) is 37.5 Å². The van der Waals surface area contributed by atoms with Gasteiger partial charge in [-0.3, -0.25) is 0 Å². The number of alkyl halides is 6. The molecule has 4 nitrogen and oxygen atoms in total. The number of fused-ring (bicyclic) bond motifs is 1. The summed E-state index contributed by atoms with van der Waals surface area (Å²) in [5.74, 6) is -0.502. The van der Waals surface area contributed by atoms with Crippen LogP contribution in [0.5, 0.6) is 5.75 Å². The van der Waals surface area contributed by atoms with Crippen molar-refractivity contribution in [1.82, 2.24) is 10.3 Å². The first-order valence-corrected chi connectivity index (χ1v) is 7.37. The van der Waals surface area contributed by atoms with E-state index in [0.29, 0.717) is 26.2 Å². The van der Waals surface area contributed by atoms with Crippen LogP contribution in [0.1, 0.15) is 5.69 Å². The van der Waals surface area contributed by atoms with Crippen LogP contribution in [0.4, 0.5) is 32.0 Å². The molecule has 1 N–H and O–H groups in total. The zero-order chi connectivity index (χ0) is 18.2. The lowest BCUT2D eigenvalue weighted by atomic mass is 10.1. The third-order valence-electron chi connectivity index (χ3n) is 3.74. The molecule has 1 aliphatic heterocycles. The number of aromatic nitrogens is 1. The number of halogens is 6. The highest BCUT2D eigenvalue weighted by Gasteiger charge is 2.35. The van der Waals surface area contributed by atoms with Crippen molar-refractivity contribution < 1.29 is 31.1 Å². The van der Waals surface area contributed by atoms with E-state index >= 15 is 0 Å². The minimum absolute atomic E-state index is 0.0436. The summed E-state index contributed by atoms with van der Waals surface area (Å²) < 4.78 is 80.4. The predicted molar refractivity (Wildman–Crippen MR) is 78.5 cm³/mol. The van der Waals surface area contributed by atoms with Crippen LogP contribution in [0.15, 0.2) is 24.3 Å². The molecule has 0 saturated carbocycles. The predicted octanol–water partition coefficient (Wildman–Crippen LogP) is 3.56. The number of nitrogens with zero attached hydrogens (tertiary/aromatic N) is 2. The molecule has 0 atom stereocenters. The molecule has 1 aromatic carbocycles. The third-order valence-corrected chi connectivity index (χ3v) is 3.74. The van der Waals surface area contributed by atoms with Crippen LogP contribution < -0.4 is 15.0 Å². The Morgan fingerprint density at radius 1 is 1.00 bits per heavy atom. The highest BCUT2D eigenvalue weighted by molar-refractivity contribution is 5.93. The molecule has 10 heteroatoms. The number of benzene rings is 1. The lowest BCUT2D eigenvalue weighted by Gasteiger charge is -2.31. The summed E-state index contributed by atoms with van der Waals surface area (Å²) in [6.07, 6.45) is -9.54. The van der Waals surface area contributed by atoms with Crippen molar-refractivity contribution in [2.45, 2.75) is 12.5 Å². The molecule has 2 aromatic rings. The monoisotopic (exact) mass is 365 g/mol. The number of pyridine rings is 1. The standard InChI is InChI=1S/C15H13F6N3O/c16-14(17,18)13-8-12(24-5-3-22-4-6-24)10-7-9(25-15(19,20)21)1-2-11(10)23-13/h1-2,7-8,22H,3-6H2. The van der Waals surface area contributed by atoms with Crippen molar-refractivity contribution >= 4 is 16.6 Å². The summed E-state index contributed by atoms with van der Waals surface area (Å²) in [4.78, 5) is 5.22. The zero-order valence-corrected chi connectivity index (χ0v) is 12.7. The van der Waals surface area contributed by atoms with Crippen LogP contribution in [0, 0.1) is 0 Å². The second-order valence-corrected chi connectivity index (χ2v) is 5.49. The van der Waals surface area contributed by atoms with E-state index in [4.69, 9.17) is 0 Å². The number of nitrogens with one attached hydrogen (secondary N) is 1. The first-order chi connectivity index (χ1) is 11.6. The average molecular weight is 365 g/mol. The maximum Gasteiger partial charge on any atom is 0.573 e. The van der Waals surface area contributed by atoms with E-state index in [-0.39, 0.29) is 16.6 Å². The highest BCUT2D eigenvalue weighted by Crippen LogP contribution is 2.36. The minimum atomic E-state index is -4.89. The summed E-state index contributed by atoms with van der Waals surface area (Å²) >= 11 is 0. The van der Waals surface area contributed by atoms with E-state index in [1.807, 2.05) is 0 Å². The smallest absolute Gasteiger partial charge is 0.406 e.